The number of pyridine rings is 1. The third-order valence-electron chi connectivity index (χ3n) is 3.48. The molecule has 1 aromatic rings. The number of aliphatic hydroxyl groups is 1. The van der Waals surface area contributed by atoms with Crippen molar-refractivity contribution in [3.05, 3.63) is 23.4 Å². The Balaban J connectivity index is 2.28. The van der Waals surface area contributed by atoms with Crippen LogP contribution in [0.4, 0.5) is 5.82 Å². The van der Waals surface area contributed by atoms with E-state index in [4.69, 9.17) is 5.11 Å². The number of nitrogens with zero attached hydrogens (tertiary/aromatic N) is 3. The van der Waals surface area contributed by atoms with Crippen LogP contribution in [0.25, 0.3) is 0 Å². The minimum absolute atomic E-state index is 0.178. The Labute approximate surface area is 108 Å². The third kappa shape index (κ3) is 2.62. The van der Waals surface area contributed by atoms with E-state index in [0.29, 0.717) is 11.6 Å². The fourth-order valence-corrected chi connectivity index (χ4v) is 2.25. The minimum Gasteiger partial charge on any atom is -0.396 e. The van der Waals surface area contributed by atoms with Crippen LogP contribution in [0.15, 0.2) is 12.1 Å². The molecule has 1 fully saturated rings. The molecule has 18 heavy (non-hydrogen) atoms. The maximum absolute atomic E-state index is 9.19. The fraction of sp³-hybridized carbons (Fsp3) is 0.571. The first kappa shape index (κ1) is 12.8. The molecule has 0 radical (unpaired) electrons. The van der Waals surface area contributed by atoms with Crippen molar-refractivity contribution < 1.29 is 5.11 Å². The van der Waals surface area contributed by atoms with E-state index in [1.165, 1.54) is 6.42 Å². The van der Waals surface area contributed by atoms with Gasteiger partial charge in [-0.25, -0.2) is 4.98 Å². The van der Waals surface area contributed by atoms with E-state index in [-0.39, 0.29) is 6.61 Å². The van der Waals surface area contributed by atoms with Gasteiger partial charge in [-0.1, -0.05) is 0 Å². The number of aryl methyl sites for hydroxylation is 1. The van der Waals surface area contributed by atoms with Crippen LogP contribution in [-0.4, -0.2) is 29.3 Å². The summed E-state index contributed by atoms with van der Waals surface area (Å²) in [4.78, 5) is 6.72. The zero-order chi connectivity index (χ0) is 13.0. The lowest BCUT2D eigenvalue weighted by molar-refractivity contribution is 0.282. The lowest BCUT2D eigenvalue weighted by Gasteiger charge is -2.38. The molecule has 0 saturated heterocycles. The number of hydrogen-bond donors (Lipinski definition) is 1. The molecule has 96 valence electrons. The highest BCUT2D eigenvalue weighted by Gasteiger charge is 2.27. The van der Waals surface area contributed by atoms with Crippen LogP contribution in [0.3, 0.4) is 0 Å². The van der Waals surface area contributed by atoms with E-state index in [1.807, 2.05) is 19.1 Å². The standard InChI is InChI=1S/C14H19N3O/c1-11-6-7-12(10-15)14(16-11)17(8-3-9-18)13-4-2-5-13/h6-7,13,18H,2-5,8-9H2,1H3. The Morgan fingerprint density at radius 3 is 2.83 bits per heavy atom. The van der Waals surface area contributed by atoms with Crippen molar-refractivity contribution in [2.75, 3.05) is 18.1 Å². The fourth-order valence-electron chi connectivity index (χ4n) is 2.25. The quantitative estimate of drug-likeness (QED) is 0.862. The van der Waals surface area contributed by atoms with Gasteiger partial charge >= 0.3 is 0 Å². The number of aliphatic hydroxyl groups excluding tert-OH is 1. The van der Waals surface area contributed by atoms with Crippen LogP contribution < -0.4 is 4.90 Å². The monoisotopic (exact) mass is 245 g/mol. The van der Waals surface area contributed by atoms with Gasteiger partial charge in [0, 0.05) is 24.9 Å². The molecular weight excluding hydrogens is 226 g/mol. The van der Waals surface area contributed by atoms with Gasteiger partial charge in [-0.3, -0.25) is 0 Å². The predicted molar refractivity (Wildman–Crippen MR) is 70.4 cm³/mol. The number of anilines is 1. The van der Waals surface area contributed by atoms with E-state index in [9.17, 15) is 5.26 Å². The maximum Gasteiger partial charge on any atom is 0.147 e. The number of rotatable bonds is 5. The largest absolute Gasteiger partial charge is 0.396 e. The van der Waals surface area contributed by atoms with Crippen molar-refractivity contribution in [2.45, 2.75) is 38.6 Å². The van der Waals surface area contributed by atoms with Crippen LogP contribution in [0.1, 0.15) is 36.9 Å². The van der Waals surface area contributed by atoms with Gasteiger partial charge in [0.2, 0.25) is 0 Å². The Morgan fingerprint density at radius 1 is 1.50 bits per heavy atom. The Morgan fingerprint density at radius 2 is 2.28 bits per heavy atom. The van der Waals surface area contributed by atoms with Gasteiger partial charge < -0.3 is 10.0 Å². The molecule has 1 saturated carbocycles. The van der Waals surface area contributed by atoms with Gasteiger partial charge in [0.1, 0.15) is 11.9 Å². The summed E-state index contributed by atoms with van der Waals surface area (Å²) in [5, 5.41) is 18.2. The summed E-state index contributed by atoms with van der Waals surface area (Å²) < 4.78 is 0. The zero-order valence-electron chi connectivity index (χ0n) is 10.8. The SMILES string of the molecule is Cc1ccc(C#N)c(N(CCCO)C2CCC2)n1. The van der Waals surface area contributed by atoms with Crippen molar-refractivity contribution in [2.24, 2.45) is 0 Å². The first-order valence-corrected chi connectivity index (χ1v) is 6.51. The molecular formula is C14H19N3O. The second kappa shape index (κ2) is 5.83. The summed E-state index contributed by atoms with van der Waals surface area (Å²) in [6.07, 6.45) is 4.28. The van der Waals surface area contributed by atoms with Crippen LogP contribution in [0.5, 0.6) is 0 Å². The minimum atomic E-state index is 0.178. The highest BCUT2D eigenvalue weighted by atomic mass is 16.3. The van der Waals surface area contributed by atoms with Crippen molar-refractivity contribution in [3.8, 4) is 6.07 Å². The van der Waals surface area contributed by atoms with Gasteiger partial charge in [0.25, 0.3) is 0 Å². The second-order valence-electron chi connectivity index (χ2n) is 4.79. The Bertz CT molecular complexity index is 449. The van der Waals surface area contributed by atoms with E-state index in [0.717, 1.165) is 37.3 Å². The lowest BCUT2D eigenvalue weighted by Crippen LogP contribution is -2.42. The van der Waals surface area contributed by atoms with Crippen LogP contribution in [0, 0.1) is 18.3 Å². The Kier molecular flexibility index (Phi) is 4.16. The third-order valence-corrected chi connectivity index (χ3v) is 3.48. The van der Waals surface area contributed by atoms with Gasteiger partial charge in [0.05, 0.1) is 5.56 Å². The average Bonchev–Trinajstić information content (AvgIpc) is 2.32. The summed E-state index contributed by atoms with van der Waals surface area (Å²) in [5.74, 6) is 0.788. The van der Waals surface area contributed by atoms with Gasteiger partial charge in [-0.2, -0.15) is 5.26 Å². The van der Waals surface area contributed by atoms with E-state index in [2.05, 4.69) is 16.0 Å². The summed E-state index contributed by atoms with van der Waals surface area (Å²) in [6.45, 7) is 2.89. The average molecular weight is 245 g/mol. The molecule has 0 atom stereocenters. The van der Waals surface area contributed by atoms with Gasteiger partial charge in [-0.15, -0.1) is 0 Å². The van der Waals surface area contributed by atoms with Crippen molar-refractivity contribution in [1.82, 2.24) is 4.98 Å². The maximum atomic E-state index is 9.19. The summed E-state index contributed by atoms with van der Waals surface area (Å²) in [7, 11) is 0. The second-order valence-corrected chi connectivity index (χ2v) is 4.79. The molecule has 0 bridgehead atoms. The molecule has 2 rings (SSSR count). The summed E-state index contributed by atoms with van der Waals surface area (Å²) >= 11 is 0. The van der Waals surface area contributed by atoms with Gasteiger partial charge in [0.15, 0.2) is 0 Å². The summed E-state index contributed by atoms with van der Waals surface area (Å²) in [5.41, 5.74) is 1.56. The molecule has 4 nitrogen and oxygen atoms in total. The molecule has 0 aromatic carbocycles. The first-order chi connectivity index (χ1) is 8.76. The molecule has 1 aliphatic carbocycles. The molecule has 0 aliphatic heterocycles. The smallest absolute Gasteiger partial charge is 0.147 e. The number of nitriles is 1. The number of hydrogen-bond acceptors (Lipinski definition) is 4. The highest BCUT2D eigenvalue weighted by Crippen LogP contribution is 2.30. The molecule has 1 aliphatic rings. The molecule has 4 heteroatoms. The van der Waals surface area contributed by atoms with Crippen LogP contribution in [-0.2, 0) is 0 Å². The zero-order valence-corrected chi connectivity index (χ0v) is 10.8. The van der Waals surface area contributed by atoms with Gasteiger partial charge in [-0.05, 0) is 44.7 Å². The normalized spacial score (nSPS) is 14.9. The molecule has 1 heterocycles. The van der Waals surface area contributed by atoms with Crippen molar-refractivity contribution in [1.29, 1.82) is 5.26 Å². The summed E-state index contributed by atoms with van der Waals surface area (Å²) in [6, 6.07) is 6.40. The van der Waals surface area contributed by atoms with Crippen molar-refractivity contribution >= 4 is 5.82 Å². The van der Waals surface area contributed by atoms with Crippen LogP contribution >= 0.6 is 0 Å². The molecule has 0 spiro atoms. The van der Waals surface area contributed by atoms with E-state index in [1.54, 1.807) is 0 Å². The number of aromatic nitrogens is 1. The van der Waals surface area contributed by atoms with Crippen molar-refractivity contribution in [3.63, 3.8) is 0 Å². The van der Waals surface area contributed by atoms with E-state index >= 15 is 0 Å². The highest BCUT2D eigenvalue weighted by molar-refractivity contribution is 5.55. The molecule has 1 N–H and O–H groups in total. The molecule has 0 unspecified atom stereocenters. The Hall–Kier alpha value is -1.60. The van der Waals surface area contributed by atoms with E-state index < -0.39 is 0 Å². The molecule has 1 aromatic heterocycles. The topological polar surface area (TPSA) is 60.2 Å². The molecule has 0 amide bonds. The lowest BCUT2D eigenvalue weighted by atomic mass is 9.91. The van der Waals surface area contributed by atoms with Crippen LogP contribution in [0.2, 0.25) is 0 Å². The first-order valence-electron chi connectivity index (χ1n) is 6.51. The predicted octanol–water partition coefficient (Wildman–Crippen LogP) is 2.00.